The maximum absolute atomic E-state index is 11.8. The number of nitro groups is 1. The first kappa shape index (κ1) is 14.9. The normalized spacial score (nSPS) is 21.1. The smallest absolute Gasteiger partial charge is 0.381 e. The summed E-state index contributed by atoms with van der Waals surface area (Å²) < 4.78 is 1.48. The zero-order chi connectivity index (χ0) is 15.4. The van der Waals surface area contributed by atoms with E-state index in [9.17, 15) is 19.7 Å². The molecule has 1 aliphatic rings. The van der Waals surface area contributed by atoms with E-state index in [1.165, 1.54) is 17.1 Å². The first-order valence-corrected chi connectivity index (χ1v) is 6.64. The van der Waals surface area contributed by atoms with E-state index in [-0.39, 0.29) is 30.1 Å². The Labute approximate surface area is 120 Å². The molecule has 9 nitrogen and oxygen atoms in total. The molecule has 0 bridgehead atoms. The number of hydrogen-bond donors (Lipinski definition) is 2. The number of rotatable bonds is 6. The van der Waals surface area contributed by atoms with Crippen molar-refractivity contribution < 1.29 is 19.6 Å². The highest BCUT2D eigenvalue weighted by Crippen LogP contribution is 2.25. The van der Waals surface area contributed by atoms with Gasteiger partial charge in [0.2, 0.25) is 12.2 Å². The topological polar surface area (TPSA) is 127 Å². The molecule has 1 amide bonds. The Bertz CT molecular complexity index is 556. The summed E-state index contributed by atoms with van der Waals surface area (Å²) in [5.74, 6) is -1.65. The number of amides is 1. The number of carbonyl (C=O) groups is 2. The van der Waals surface area contributed by atoms with Gasteiger partial charge in [0.05, 0.1) is 5.92 Å². The first-order valence-electron chi connectivity index (χ1n) is 6.64. The molecule has 0 spiro atoms. The summed E-state index contributed by atoms with van der Waals surface area (Å²) in [6, 6.07) is -0.101. The second-order valence-electron chi connectivity index (χ2n) is 5.09. The minimum absolute atomic E-state index is 0.101. The second-order valence-corrected chi connectivity index (χ2v) is 5.09. The van der Waals surface area contributed by atoms with Crippen LogP contribution < -0.4 is 5.32 Å². The minimum atomic E-state index is -0.822. The lowest BCUT2D eigenvalue weighted by atomic mass is 10.1. The molecule has 2 rings (SSSR count). The van der Waals surface area contributed by atoms with Crippen LogP contribution in [0.3, 0.4) is 0 Å². The van der Waals surface area contributed by atoms with Crippen LogP contribution in [0, 0.1) is 16.0 Å². The lowest BCUT2D eigenvalue weighted by molar-refractivity contribution is -0.389. The van der Waals surface area contributed by atoms with Gasteiger partial charge in [0.1, 0.15) is 6.20 Å². The van der Waals surface area contributed by atoms with Crippen molar-refractivity contribution in [1.29, 1.82) is 0 Å². The van der Waals surface area contributed by atoms with E-state index in [1.807, 2.05) is 0 Å². The molecule has 1 fully saturated rings. The van der Waals surface area contributed by atoms with E-state index in [0.29, 0.717) is 25.8 Å². The zero-order valence-corrected chi connectivity index (χ0v) is 11.3. The quantitative estimate of drug-likeness (QED) is 0.583. The number of hydrogen-bond acceptors (Lipinski definition) is 5. The fraction of sp³-hybridized carbons (Fsp3) is 0.583. The van der Waals surface area contributed by atoms with Crippen molar-refractivity contribution in [3.63, 3.8) is 0 Å². The molecule has 0 aliphatic heterocycles. The highest BCUT2D eigenvalue weighted by Gasteiger charge is 2.30. The molecular weight excluding hydrogens is 280 g/mol. The van der Waals surface area contributed by atoms with Crippen LogP contribution in [0.15, 0.2) is 12.5 Å². The summed E-state index contributed by atoms with van der Waals surface area (Å²) in [6.45, 7) is 0.293. The summed E-state index contributed by atoms with van der Waals surface area (Å²) in [4.78, 5) is 36.1. The molecule has 1 aromatic heterocycles. The standard InChI is InChI=1S/C12H16N4O5/c17-11(14-9-2-1-8(5-9)12(18)19)3-4-15-6-10(13-7-15)16(20)21/h6-9H,1-5H2,(H,14,17)(H,18,19)/t8-,9+/m1/s1. The molecule has 1 aliphatic carbocycles. The van der Waals surface area contributed by atoms with Crippen LogP contribution in [0.5, 0.6) is 0 Å². The largest absolute Gasteiger partial charge is 0.481 e. The van der Waals surface area contributed by atoms with E-state index in [1.54, 1.807) is 0 Å². The number of nitrogens with one attached hydrogen (secondary N) is 1. The molecule has 1 aromatic rings. The van der Waals surface area contributed by atoms with Gasteiger partial charge in [-0.1, -0.05) is 0 Å². The number of aliphatic carboxylic acids is 1. The fourth-order valence-corrected chi connectivity index (χ4v) is 2.43. The second kappa shape index (κ2) is 6.33. The van der Waals surface area contributed by atoms with Gasteiger partial charge in [-0.2, -0.15) is 0 Å². The average molecular weight is 296 g/mol. The Kier molecular flexibility index (Phi) is 4.51. The molecule has 1 heterocycles. The molecule has 2 N–H and O–H groups in total. The van der Waals surface area contributed by atoms with Gasteiger partial charge in [-0.15, -0.1) is 0 Å². The van der Waals surface area contributed by atoms with Crippen LogP contribution >= 0.6 is 0 Å². The number of nitrogens with zero attached hydrogens (tertiary/aromatic N) is 3. The van der Waals surface area contributed by atoms with Crippen molar-refractivity contribution in [1.82, 2.24) is 14.9 Å². The maximum Gasteiger partial charge on any atom is 0.381 e. The summed E-state index contributed by atoms with van der Waals surface area (Å²) in [7, 11) is 0. The van der Waals surface area contributed by atoms with Gasteiger partial charge in [0.25, 0.3) is 0 Å². The predicted molar refractivity (Wildman–Crippen MR) is 70.4 cm³/mol. The van der Waals surface area contributed by atoms with Gasteiger partial charge in [0.15, 0.2) is 0 Å². The number of aryl methyl sites for hydroxylation is 1. The van der Waals surface area contributed by atoms with E-state index < -0.39 is 10.9 Å². The van der Waals surface area contributed by atoms with Crippen LogP contribution in [0.2, 0.25) is 0 Å². The summed E-state index contributed by atoms with van der Waals surface area (Å²) >= 11 is 0. The van der Waals surface area contributed by atoms with E-state index >= 15 is 0 Å². The summed E-state index contributed by atoms with van der Waals surface area (Å²) in [5.41, 5.74) is 0. The van der Waals surface area contributed by atoms with Crippen molar-refractivity contribution >= 4 is 17.7 Å². The summed E-state index contributed by atoms with van der Waals surface area (Å²) in [5, 5.41) is 22.2. The third-order valence-electron chi connectivity index (χ3n) is 3.55. The zero-order valence-electron chi connectivity index (χ0n) is 11.3. The van der Waals surface area contributed by atoms with Gasteiger partial charge < -0.3 is 25.1 Å². The molecule has 114 valence electrons. The van der Waals surface area contributed by atoms with Gasteiger partial charge in [-0.3, -0.25) is 9.59 Å². The van der Waals surface area contributed by atoms with E-state index in [4.69, 9.17) is 5.11 Å². The molecule has 21 heavy (non-hydrogen) atoms. The Balaban J connectivity index is 1.75. The monoisotopic (exact) mass is 296 g/mol. The molecule has 1 saturated carbocycles. The third kappa shape index (κ3) is 4.01. The highest BCUT2D eigenvalue weighted by atomic mass is 16.6. The van der Waals surface area contributed by atoms with Crippen molar-refractivity contribution in [2.24, 2.45) is 5.92 Å². The molecular formula is C12H16N4O5. The van der Waals surface area contributed by atoms with Crippen molar-refractivity contribution in [2.75, 3.05) is 0 Å². The number of imidazole rings is 1. The van der Waals surface area contributed by atoms with Gasteiger partial charge in [-0.25, -0.2) is 0 Å². The van der Waals surface area contributed by atoms with Crippen molar-refractivity contribution in [3.05, 3.63) is 22.6 Å². The van der Waals surface area contributed by atoms with Gasteiger partial charge in [0, 0.05) is 19.0 Å². The van der Waals surface area contributed by atoms with Crippen LogP contribution in [-0.4, -0.2) is 37.5 Å². The van der Waals surface area contributed by atoms with Crippen LogP contribution in [0.25, 0.3) is 0 Å². The number of carboxylic acid groups (broad SMARTS) is 1. The Hall–Kier alpha value is -2.45. The maximum atomic E-state index is 11.8. The minimum Gasteiger partial charge on any atom is -0.481 e. The molecule has 0 unspecified atom stereocenters. The molecule has 0 aromatic carbocycles. The third-order valence-corrected chi connectivity index (χ3v) is 3.55. The molecule has 9 heteroatoms. The fourth-order valence-electron chi connectivity index (χ4n) is 2.43. The van der Waals surface area contributed by atoms with Crippen LogP contribution in [0.1, 0.15) is 25.7 Å². The Morgan fingerprint density at radius 3 is 2.86 bits per heavy atom. The highest BCUT2D eigenvalue weighted by molar-refractivity contribution is 5.76. The van der Waals surface area contributed by atoms with Gasteiger partial charge >= 0.3 is 11.8 Å². The van der Waals surface area contributed by atoms with Crippen LogP contribution in [-0.2, 0) is 16.1 Å². The lowest BCUT2D eigenvalue weighted by Crippen LogP contribution is -2.33. The SMILES string of the molecule is O=C(CCn1cnc([N+](=O)[O-])c1)N[C@H]1CC[C@@H](C(=O)O)C1. The lowest BCUT2D eigenvalue weighted by Gasteiger charge is -2.12. The number of carboxylic acids is 1. The Morgan fingerprint density at radius 2 is 2.29 bits per heavy atom. The van der Waals surface area contributed by atoms with Crippen LogP contribution in [0.4, 0.5) is 5.82 Å². The van der Waals surface area contributed by atoms with E-state index in [2.05, 4.69) is 10.3 Å². The van der Waals surface area contributed by atoms with Gasteiger partial charge in [-0.05, 0) is 29.2 Å². The number of aromatic nitrogens is 2. The molecule has 2 atom stereocenters. The molecule has 0 saturated heterocycles. The number of carbonyl (C=O) groups excluding carboxylic acids is 1. The summed E-state index contributed by atoms with van der Waals surface area (Å²) in [6.07, 6.45) is 4.44. The molecule has 0 radical (unpaired) electrons. The Morgan fingerprint density at radius 1 is 1.52 bits per heavy atom. The predicted octanol–water partition coefficient (Wildman–Crippen LogP) is 0.551. The average Bonchev–Trinajstić information content (AvgIpc) is 3.05. The van der Waals surface area contributed by atoms with Crippen molar-refractivity contribution in [3.8, 4) is 0 Å². The first-order chi connectivity index (χ1) is 9.95. The van der Waals surface area contributed by atoms with Crippen molar-refractivity contribution in [2.45, 2.75) is 38.3 Å². The van der Waals surface area contributed by atoms with E-state index in [0.717, 1.165) is 0 Å².